The molecule has 0 aromatic heterocycles. The van der Waals surface area contributed by atoms with E-state index in [4.69, 9.17) is 15.8 Å². The summed E-state index contributed by atoms with van der Waals surface area (Å²) < 4.78 is 5.15. The van der Waals surface area contributed by atoms with Crippen molar-refractivity contribution < 1.29 is 4.74 Å². The molecule has 4 aliphatic carbocycles. The second-order valence-electron chi connectivity index (χ2n) is 15.5. The Kier molecular flexibility index (Phi) is 9.31. The predicted octanol–water partition coefficient (Wildman–Crippen LogP) is 10.9. The van der Waals surface area contributed by atoms with E-state index in [1.54, 1.807) is 27.8 Å². The summed E-state index contributed by atoms with van der Waals surface area (Å²) in [6, 6.07) is 9.77. The van der Waals surface area contributed by atoms with Crippen molar-refractivity contribution in [3.05, 3.63) is 79.9 Å². The third-order valence-electron chi connectivity index (χ3n) is 9.41. The second kappa shape index (κ2) is 11.8. The molecule has 2 atom stereocenters. The van der Waals surface area contributed by atoms with Crippen LogP contribution in [0.4, 0.5) is 0 Å². The quantitative estimate of drug-likeness (QED) is 0.237. The Balaban J connectivity index is 0.000000157. The fraction of sp³-hybridized carbons (Fsp3) is 0.579. The average Bonchev–Trinajstić information content (AvgIpc) is 3.59. The van der Waals surface area contributed by atoms with Crippen molar-refractivity contribution in [2.75, 3.05) is 6.61 Å². The highest BCUT2D eigenvalue weighted by atomic mass is 35.6. The average molecular weight is 591 g/mol. The van der Waals surface area contributed by atoms with Gasteiger partial charge in [0.1, 0.15) is 0 Å². The molecule has 2 aromatic rings. The number of allylic oxidation sites excluding steroid dienone is 2. The zero-order valence-corrected chi connectivity index (χ0v) is 28.3. The molecule has 0 radical (unpaired) electrons. The van der Waals surface area contributed by atoms with E-state index >= 15 is 0 Å². The van der Waals surface area contributed by atoms with E-state index in [-0.39, 0.29) is 7.43 Å². The van der Waals surface area contributed by atoms with Gasteiger partial charge in [-0.25, -0.2) is 0 Å². The summed E-state index contributed by atoms with van der Waals surface area (Å²) in [6.07, 6.45) is 13.9. The number of hydrogen-bond donors (Lipinski definition) is 0. The van der Waals surface area contributed by atoms with Gasteiger partial charge in [-0.15, -0.1) is 0 Å². The van der Waals surface area contributed by atoms with E-state index < -0.39 is 7.38 Å². The number of benzene rings is 2. The van der Waals surface area contributed by atoms with E-state index in [1.165, 1.54) is 72.8 Å². The lowest BCUT2D eigenvalue weighted by atomic mass is 9.90. The highest BCUT2D eigenvalue weighted by Gasteiger charge is 2.39. The van der Waals surface area contributed by atoms with Crippen molar-refractivity contribution in [3.63, 3.8) is 0 Å². The zero-order valence-electron chi connectivity index (χ0n) is 26.6. The Morgan fingerprint density at radius 3 is 1.80 bits per heavy atom. The van der Waals surface area contributed by atoms with E-state index in [1.807, 2.05) is 0 Å². The molecule has 1 heterocycles. The number of rotatable bonds is 1. The zero-order chi connectivity index (χ0) is 29.0. The van der Waals surface area contributed by atoms with Crippen molar-refractivity contribution in [1.82, 2.24) is 0 Å². The molecule has 2 unspecified atom stereocenters. The van der Waals surface area contributed by atoms with E-state index in [2.05, 4.69) is 98.0 Å². The first kappa shape index (κ1) is 32.3. The van der Waals surface area contributed by atoms with Crippen molar-refractivity contribution in [3.8, 4) is 0 Å². The summed E-state index contributed by atoms with van der Waals surface area (Å²) in [7, 11) is -1.70. The van der Waals surface area contributed by atoms with Crippen molar-refractivity contribution in [2.24, 2.45) is 10.8 Å². The molecular weight excluding hydrogens is 536 g/mol. The Bertz CT molecular complexity index is 1350. The Hall–Kier alpha value is -1.61. The third kappa shape index (κ3) is 7.31. The van der Waals surface area contributed by atoms with Gasteiger partial charge < -0.3 is 4.74 Å². The van der Waals surface area contributed by atoms with Crippen LogP contribution in [0.15, 0.2) is 35.4 Å². The minimum Gasteiger partial charge on any atom is -0.379 e. The van der Waals surface area contributed by atoms with Gasteiger partial charge in [-0.3, -0.25) is 0 Å². The summed E-state index contributed by atoms with van der Waals surface area (Å²) >= 11 is 6.77. The molecule has 41 heavy (non-hydrogen) atoms. The normalized spacial score (nSPS) is 24.0. The Morgan fingerprint density at radius 1 is 0.780 bits per heavy atom. The summed E-state index contributed by atoms with van der Waals surface area (Å²) in [5.41, 5.74) is 16.6. The molecule has 3 heteroatoms. The number of fused-ring (bicyclic) bond motifs is 4. The van der Waals surface area contributed by atoms with Gasteiger partial charge in [0.25, 0.3) is 0 Å². The van der Waals surface area contributed by atoms with Crippen molar-refractivity contribution in [2.45, 2.75) is 126 Å². The van der Waals surface area contributed by atoms with Gasteiger partial charge in [0.2, 0.25) is 0 Å². The summed E-state index contributed by atoms with van der Waals surface area (Å²) in [5, 5.41) is 0. The Labute approximate surface area is 257 Å². The van der Waals surface area contributed by atoms with Crippen LogP contribution in [0, 0.1) is 10.8 Å². The van der Waals surface area contributed by atoms with Crippen LogP contribution in [0.25, 0.3) is 12.2 Å². The first-order valence-corrected chi connectivity index (χ1v) is 19.7. The number of halogens is 1. The van der Waals surface area contributed by atoms with E-state index in [9.17, 15) is 0 Å². The molecule has 0 bridgehead atoms. The molecule has 0 spiro atoms. The maximum Gasteiger partial charge on any atom is 0.161 e. The lowest BCUT2D eigenvalue weighted by Crippen LogP contribution is -2.28. The highest BCUT2D eigenvalue weighted by Crippen LogP contribution is 2.47. The van der Waals surface area contributed by atoms with Gasteiger partial charge in [-0.2, -0.15) is 11.1 Å². The van der Waals surface area contributed by atoms with Gasteiger partial charge >= 0.3 is 0 Å². The van der Waals surface area contributed by atoms with Crippen LogP contribution in [0.2, 0.25) is 13.1 Å². The van der Waals surface area contributed by atoms with Crippen LogP contribution in [-0.4, -0.2) is 20.1 Å². The fourth-order valence-electron chi connectivity index (χ4n) is 7.84. The molecular formula is C38H55ClOSi. The fourth-order valence-corrected chi connectivity index (χ4v) is 10.9. The molecule has 0 N–H and O–H groups in total. The standard InChI is InChI=1S/C17H23ClSi.C15H18.C5H10O.CH4/c1-11-6-12-7-13-9-17(2,3)10-14(13)8-15(12)16(11)19(4,5)18;1-10-4-11-6-13-8-15(2,3)9-14(13)7-12(11)5-10;1-5-3-2-4-6-5;/h6-8,16H,9-10H2,1-5H3;4,6-7H,5,8-9H2,1-3H3;5H,2-4H2,1H3;1H4. The molecule has 0 amide bonds. The molecule has 1 fully saturated rings. The van der Waals surface area contributed by atoms with Crippen LogP contribution in [-0.2, 0) is 36.8 Å². The van der Waals surface area contributed by atoms with Crippen LogP contribution >= 0.6 is 11.1 Å². The van der Waals surface area contributed by atoms with Crippen LogP contribution in [0.3, 0.4) is 0 Å². The first-order chi connectivity index (χ1) is 18.6. The molecule has 7 rings (SSSR count). The largest absolute Gasteiger partial charge is 0.379 e. The molecule has 1 nitrogen and oxygen atoms in total. The van der Waals surface area contributed by atoms with Crippen LogP contribution < -0.4 is 0 Å². The molecule has 5 aliphatic rings. The first-order valence-electron chi connectivity index (χ1n) is 15.6. The molecule has 1 saturated heterocycles. The molecule has 224 valence electrons. The van der Waals surface area contributed by atoms with Gasteiger partial charge in [0.15, 0.2) is 7.38 Å². The summed E-state index contributed by atoms with van der Waals surface area (Å²) in [4.78, 5) is 0. The van der Waals surface area contributed by atoms with Crippen LogP contribution in [0.5, 0.6) is 0 Å². The minimum atomic E-state index is -1.70. The van der Waals surface area contributed by atoms with Gasteiger partial charge in [0.05, 0.1) is 6.10 Å². The summed E-state index contributed by atoms with van der Waals surface area (Å²) in [5.74, 6) is 0. The van der Waals surface area contributed by atoms with E-state index in [0.717, 1.165) is 6.61 Å². The lowest BCUT2D eigenvalue weighted by Gasteiger charge is -2.25. The Morgan fingerprint density at radius 2 is 1.32 bits per heavy atom. The highest BCUT2D eigenvalue weighted by molar-refractivity contribution is 7.20. The minimum absolute atomic E-state index is 0. The van der Waals surface area contributed by atoms with Crippen LogP contribution in [0.1, 0.15) is 119 Å². The smallest absolute Gasteiger partial charge is 0.161 e. The van der Waals surface area contributed by atoms with Gasteiger partial charge in [-0.1, -0.05) is 95.8 Å². The molecule has 0 saturated carbocycles. The van der Waals surface area contributed by atoms with Gasteiger partial charge in [0, 0.05) is 12.1 Å². The number of hydrogen-bond acceptors (Lipinski definition) is 1. The third-order valence-corrected chi connectivity index (χ3v) is 12.2. The second-order valence-corrected chi connectivity index (χ2v) is 22.1. The summed E-state index contributed by atoms with van der Waals surface area (Å²) in [6.45, 7) is 21.6. The number of ether oxygens (including phenoxy) is 1. The van der Waals surface area contributed by atoms with Gasteiger partial charge in [-0.05, 0) is 121 Å². The van der Waals surface area contributed by atoms with E-state index in [0.29, 0.717) is 22.5 Å². The van der Waals surface area contributed by atoms with Crippen molar-refractivity contribution >= 4 is 30.6 Å². The lowest BCUT2D eigenvalue weighted by molar-refractivity contribution is 0.125. The maximum absolute atomic E-state index is 6.77. The van der Waals surface area contributed by atoms with Crippen molar-refractivity contribution in [1.29, 1.82) is 0 Å². The topological polar surface area (TPSA) is 9.23 Å². The maximum atomic E-state index is 6.77. The SMILES string of the molecule is C.CC1=Cc2cc3c(cc2C1)CC(C)(C)C3.CC1=Cc2cc3c(cc2C1[Si](C)(C)Cl)CC(C)(C)C3.CC1CCCO1. The molecule has 2 aromatic carbocycles. The monoisotopic (exact) mass is 590 g/mol. The molecule has 1 aliphatic heterocycles. The predicted molar refractivity (Wildman–Crippen MR) is 184 cm³/mol.